The van der Waals surface area contributed by atoms with E-state index in [1.54, 1.807) is 24.5 Å². The van der Waals surface area contributed by atoms with E-state index < -0.39 is 11.6 Å². The van der Waals surface area contributed by atoms with Crippen molar-refractivity contribution < 1.29 is 8.78 Å². The molecule has 5 heteroatoms. The van der Waals surface area contributed by atoms with Gasteiger partial charge in [-0.15, -0.1) is 0 Å². The van der Waals surface area contributed by atoms with Crippen LogP contribution < -0.4 is 5.32 Å². The first-order chi connectivity index (χ1) is 9.20. The normalized spacial score (nSPS) is 10.2. The van der Waals surface area contributed by atoms with E-state index in [0.717, 1.165) is 17.7 Å². The molecule has 0 saturated carbocycles. The van der Waals surface area contributed by atoms with Gasteiger partial charge in [-0.2, -0.15) is 5.26 Å². The number of rotatable bonds is 4. The van der Waals surface area contributed by atoms with Crippen LogP contribution in [0.5, 0.6) is 0 Å². The lowest BCUT2D eigenvalue weighted by molar-refractivity contribution is 0.534. The van der Waals surface area contributed by atoms with Crippen molar-refractivity contribution in [1.29, 1.82) is 5.26 Å². The highest BCUT2D eigenvalue weighted by molar-refractivity contribution is 5.34. The maximum Gasteiger partial charge on any atom is 0.131 e. The summed E-state index contributed by atoms with van der Waals surface area (Å²) in [4.78, 5) is 3.94. The molecule has 3 nitrogen and oxygen atoms in total. The molecule has 1 aromatic heterocycles. The molecular weight excluding hydrogens is 248 g/mol. The fraction of sp³-hybridized carbons (Fsp3) is 0.143. The molecule has 1 heterocycles. The largest absolute Gasteiger partial charge is 0.308 e. The minimum absolute atomic E-state index is 0.0222. The summed E-state index contributed by atoms with van der Waals surface area (Å²) in [5, 5.41) is 11.5. The number of hydrogen-bond donors (Lipinski definition) is 1. The molecule has 1 aromatic carbocycles. The molecule has 0 radical (unpaired) electrons. The monoisotopic (exact) mass is 259 g/mol. The van der Waals surface area contributed by atoms with Crippen LogP contribution >= 0.6 is 0 Å². The summed E-state index contributed by atoms with van der Waals surface area (Å²) in [5.74, 6) is -1.43. The highest BCUT2D eigenvalue weighted by Crippen LogP contribution is 2.15. The molecule has 0 aliphatic rings. The van der Waals surface area contributed by atoms with Gasteiger partial charge in [-0.25, -0.2) is 8.78 Å². The zero-order valence-corrected chi connectivity index (χ0v) is 10.0. The third-order valence-electron chi connectivity index (χ3n) is 2.62. The average molecular weight is 259 g/mol. The van der Waals surface area contributed by atoms with Crippen molar-refractivity contribution in [3.05, 3.63) is 65.0 Å². The fourth-order valence-corrected chi connectivity index (χ4v) is 1.67. The van der Waals surface area contributed by atoms with Crippen LogP contribution in [-0.2, 0) is 13.1 Å². The number of halogens is 2. The molecule has 2 aromatic rings. The van der Waals surface area contributed by atoms with E-state index in [-0.39, 0.29) is 17.7 Å². The van der Waals surface area contributed by atoms with Crippen LogP contribution in [-0.4, -0.2) is 4.98 Å². The van der Waals surface area contributed by atoms with Crippen molar-refractivity contribution in [2.75, 3.05) is 0 Å². The van der Waals surface area contributed by atoms with Crippen LogP contribution in [0.1, 0.15) is 16.7 Å². The van der Waals surface area contributed by atoms with Crippen LogP contribution in [0.3, 0.4) is 0 Å². The zero-order chi connectivity index (χ0) is 13.7. The summed E-state index contributed by atoms with van der Waals surface area (Å²) in [6, 6.07) is 7.43. The van der Waals surface area contributed by atoms with Gasteiger partial charge in [0, 0.05) is 31.0 Å². The molecule has 0 bridgehead atoms. The third-order valence-corrected chi connectivity index (χ3v) is 2.62. The van der Waals surface area contributed by atoms with Gasteiger partial charge in [0.1, 0.15) is 11.6 Å². The Morgan fingerprint density at radius 3 is 2.53 bits per heavy atom. The average Bonchev–Trinajstić information content (AvgIpc) is 2.42. The predicted molar refractivity (Wildman–Crippen MR) is 65.9 cm³/mol. The standard InChI is InChI=1S/C14H11F2N3/c15-13-4-11(6-17)5-14(16)12(13)9-19-8-10-2-1-3-18-7-10/h1-5,7,19H,8-9H2. The zero-order valence-electron chi connectivity index (χ0n) is 10.0. The summed E-state index contributed by atoms with van der Waals surface area (Å²) >= 11 is 0. The first-order valence-corrected chi connectivity index (χ1v) is 5.68. The number of benzene rings is 1. The fourth-order valence-electron chi connectivity index (χ4n) is 1.67. The molecule has 0 fully saturated rings. The van der Waals surface area contributed by atoms with E-state index in [0.29, 0.717) is 6.54 Å². The van der Waals surface area contributed by atoms with Crippen LogP contribution in [0.2, 0.25) is 0 Å². The molecule has 1 N–H and O–H groups in total. The topological polar surface area (TPSA) is 48.7 Å². The Bertz CT molecular complexity index is 583. The molecule has 0 spiro atoms. The highest BCUT2D eigenvalue weighted by Gasteiger charge is 2.10. The molecule has 0 aliphatic heterocycles. The Labute approximate surface area is 109 Å². The Morgan fingerprint density at radius 2 is 1.95 bits per heavy atom. The first-order valence-electron chi connectivity index (χ1n) is 5.68. The van der Waals surface area contributed by atoms with Gasteiger partial charge in [0.25, 0.3) is 0 Å². The number of nitrogens with one attached hydrogen (secondary N) is 1. The quantitative estimate of drug-likeness (QED) is 0.917. The van der Waals surface area contributed by atoms with E-state index in [1.807, 2.05) is 6.07 Å². The predicted octanol–water partition coefficient (Wildman–Crippen LogP) is 2.52. The Balaban J connectivity index is 2.02. The Hall–Kier alpha value is -2.32. The van der Waals surface area contributed by atoms with E-state index >= 15 is 0 Å². The van der Waals surface area contributed by atoms with Gasteiger partial charge in [0.2, 0.25) is 0 Å². The summed E-state index contributed by atoms with van der Waals surface area (Å²) in [6.07, 6.45) is 3.34. The van der Waals surface area contributed by atoms with Gasteiger partial charge in [0.15, 0.2) is 0 Å². The van der Waals surface area contributed by atoms with Gasteiger partial charge >= 0.3 is 0 Å². The first kappa shape index (κ1) is 13.1. The minimum atomic E-state index is -0.713. The van der Waals surface area contributed by atoms with Crippen molar-refractivity contribution in [2.24, 2.45) is 0 Å². The Kier molecular flexibility index (Phi) is 4.16. The van der Waals surface area contributed by atoms with Crippen LogP contribution in [0.25, 0.3) is 0 Å². The van der Waals surface area contributed by atoms with Gasteiger partial charge in [-0.05, 0) is 23.8 Å². The van der Waals surface area contributed by atoms with Crippen molar-refractivity contribution in [3.63, 3.8) is 0 Å². The number of pyridine rings is 1. The molecule has 2 rings (SSSR count). The maximum atomic E-state index is 13.6. The molecule has 0 atom stereocenters. The number of nitriles is 1. The molecule has 0 aliphatic carbocycles. The van der Waals surface area contributed by atoms with Gasteiger partial charge in [0.05, 0.1) is 11.6 Å². The van der Waals surface area contributed by atoms with Crippen LogP contribution in [0, 0.1) is 23.0 Å². The van der Waals surface area contributed by atoms with Crippen molar-refractivity contribution in [2.45, 2.75) is 13.1 Å². The molecule has 0 amide bonds. The lowest BCUT2D eigenvalue weighted by Crippen LogP contribution is -2.15. The molecule has 19 heavy (non-hydrogen) atoms. The summed E-state index contributed by atoms with van der Waals surface area (Å²) in [7, 11) is 0. The van der Waals surface area contributed by atoms with E-state index in [1.165, 1.54) is 0 Å². The molecule has 0 unspecified atom stereocenters. The third kappa shape index (κ3) is 3.33. The molecule has 0 saturated heterocycles. The number of nitrogens with zero attached hydrogens (tertiary/aromatic N) is 2. The second-order valence-corrected chi connectivity index (χ2v) is 4.00. The van der Waals surface area contributed by atoms with Crippen LogP contribution in [0.4, 0.5) is 8.78 Å². The van der Waals surface area contributed by atoms with Crippen molar-refractivity contribution >= 4 is 0 Å². The number of aromatic nitrogens is 1. The second-order valence-electron chi connectivity index (χ2n) is 4.00. The highest BCUT2D eigenvalue weighted by atomic mass is 19.1. The van der Waals surface area contributed by atoms with Gasteiger partial charge in [-0.1, -0.05) is 6.07 Å². The molecule has 96 valence electrons. The van der Waals surface area contributed by atoms with E-state index in [2.05, 4.69) is 10.3 Å². The van der Waals surface area contributed by atoms with Gasteiger partial charge < -0.3 is 5.32 Å². The lowest BCUT2D eigenvalue weighted by Gasteiger charge is -2.07. The number of hydrogen-bond acceptors (Lipinski definition) is 3. The SMILES string of the molecule is N#Cc1cc(F)c(CNCc2cccnc2)c(F)c1. The molecular formula is C14H11F2N3. The summed E-state index contributed by atoms with van der Waals surface area (Å²) in [6.45, 7) is 0.519. The summed E-state index contributed by atoms with van der Waals surface area (Å²) < 4.78 is 27.2. The van der Waals surface area contributed by atoms with Crippen LogP contribution in [0.15, 0.2) is 36.7 Å². The lowest BCUT2D eigenvalue weighted by atomic mass is 10.1. The second kappa shape index (κ2) is 6.03. The Morgan fingerprint density at radius 1 is 1.21 bits per heavy atom. The summed E-state index contributed by atoms with van der Waals surface area (Å²) in [5.41, 5.74) is 0.839. The smallest absolute Gasteiger partial charge is 0.131 e. The van der Waals surface area contributed by atoms with Crippen molar-refractivity contribution in [1.82, 2.24) is 10.3 Å². The van der Waals surface area contributed by atoms with E-state index in [9.17, 15) is 8.78 Å². The minimum Gasteiger partial charge on any atom is -0.308 e. The van der Waals surface area contributed by atoms with E-state index in [4.69, 9.17) is 5.26 Å². The van der Waals surface area contributed by atoms with Crippen molar-refractivity contribution in [3.8, 4) is 6.07 Å². The maximum absolute atomic E-state index is 13.6. The van der Waals surface area contributed by atoms with Gasteiger partial charge in [-0.3, -0.25) is 4.98 Å².